The minimum absolute atomic E-state index is 0.0248. The molecule has 0 radical (unpaired) electrons. The first-order chi connectivity index (χ1) is 18.7. The molecule has 4 atom stereocenters. The van der Waals surface area contributed by atoms with Gasteiger partial charge in [0.05, 0.1) is 26.4 Å². The van der Waals surface area contributed by atoms with E-state index in [0.717, 1.165) is 6.42 Å². The highest BCUT2D eigenvalue weighted by Gasteiger charge is 2.37. The summed E-state index contributed by atoms with van der Waals surface area (Å²) in [5.74, 6) is -0.691. The van der Waals surface area contributed by atoms with Crippen molar-refractivity contribution in [2.24, 2.45) is 17.8 Å². The zero-order valence-corrected chi connectivity index (χ0v) is 23.6. The number of ether oxygens (including phenoxy) is 6. The molecule has 2 fully saturated rings. The van der Waals surface area contributed by atoms with Crippen LogP contribution in [0.25, 0.3) is 0 Å². The van der Waals surface area contributed by atoms with E-state index in [9.17, 15) is 14.4 Å². The van der Waals surface area contributed by atoms with Gasteiger partial charge in [0.1, 0.15) is 6.10 Å². The summed E-state index contributed by atoms with van der Waals surface area (Å²) >= 11 is 0. The molecule has 3 rings (SSSR count). The highest BCUT2D eigenvalue weighted by atomic mass is 16.7. The Morgan fingerprint density at radius 2 is 1.95 bits per heavy atom. The number of amides is 1. The fourth-order valence-corrected chi connectivity index (χ4v) is 5.06. The Morgan fingerprint density at radius 1 is 1.21 bits per heavy atom. The van der Waals surface area contributed by atoms with Gasteiger partial charge in [-0.25, -0.2) is 9.78 Å². The zero-order chi connectivity index (χ0) is 28.4. The Morgan fingerprint density at radius 3 is 2.62 bits per heavy atom. The molecule has 4 unspecified atom stereocenters. The Kier molecular flexibility index (Phi) is 11.8. The molecule has 1 aliphatic carbocycles. The topological polar surface area (TPSA) is 132 Å². The molecular weight excluding hydrogens is 508 g/mol. The molecule has 1 saturated carbocycles. The molecule has 0 spiro atoms. The van der Waals surface area contributed by atoms with Crippen LogP contribution in [0.4, 0.5) is 0 Å². The van der Waals surface area contributed by atoms with Crippen LogP contribution in [0.15, 0.2) is 12.3 Å². The molecule has 1 amide bonds. The van der Waals surface area contributed by atoms with Gasteiger partial charge in [0.2, 0.25) is 6.79 Å². The Balaban J connectivity index is 1.75. The first-order valence-corrected chi connectivity index (χ1v) is 13.7. The second-order valence-corrected chi connectivity index (χ2v) is 10.6. The summed E-state index contributed by atoms with van der Waals surface area (Å²) in [7, 11) is 1.40. The van der Waals surface area contributed by atoms with Crippen molar-refractivity contribution in [3.05, 3.63) is 18.0 Å². The molecule has 2 aliphatic rings. The predicted molar refractivity (Wildman–Crippen MR) is 140 cm³/mol. The maximum atomic E-state index is 13.2. The third kappa shape index (κ3) is 9.06. The maximum absolute atomic E-state index is 13.2. The summed E-state index contributed by atoms with van der Waals surface area (Å²) in [4.78, 5) is 41.7. The first kappa shape index (κ1) is 30.6. The molecule has 218 valence electrons. The Bertz CT molecular complexity index is 964. The van der Waals surface area contributed by atoms with Crippen molar-refractivity contribution in [1.82, 2.24) is 10.3 Å². The molecule has 1 aliphatic heterocycles. The number of methoxy groups -OCH3 is 1. The number of carbonyl (C=O) groups is 3. The standard InChI is InChI=1S/C28H42N2O9/c1-17(2)13-36-25-18(3)39-28(33)22(15-35-14-21(25)12-20-8-6-7-9-20)30-27(32)24-26(38-16-37-19(4)31)23(34-5)10-11-29-24/h10-11,17-18,20-22,25H,6-9,12-16H2,1-5H3,(H,30,32). The predicted octanol–water partition coefficient (Wildman–Crippen LogP) is 3.29. The van der Waals surface area contributed by atoms with Crippen LogP contribution in [-0.2, 0) is 28.5 Å². The molecule has 11 nitrogen and oxygen atoms in total. The van der Waals surface area contributed by atoms with Crippen LogP contribution in [0, 0.1) is 17.8 Å². The van der Waals surface area contributed by atoms with E-state index in [1.54, 1.807) is 0 Å². The van der Waals surface area contributed by atoms with Crippen molar-refractivity contribution < 1.29 is 42.8 Å². The molecule has 11 heteroatoms. The fraction of sp³-hybridized carbons (Fsp3) is 0.714. The number of pyridine rings is 1. The highest BCUT2D eigenvalue weighted by Crippen LogP contribution is 2.34. The van der Waals surface area contributed by atoms with Crippen LogP contribution in [0.1, 0.15) is 70.3 Å². The average Bonchev–Trinajstić information content (AvgIpc) is 3.41. The van der Waals surface area contributed by atoms with Crippen LogP contribution in [-0.4, -0.2) is 74.8 Å². The summed E-state index contributed by atoms with van der Waals surface area (Å²) in [5.41, 5.74) is -0.139. The number of nitrogens with zero attached hydrogens (tertiary/aromatic N) is 1. The quantitative estimate of drug-likeness (QED) is 0.323. The highest BCUT2D eigenvalue weighted by molar-refractivity contribution is 5.98. The minimum Gasteiger partial charge on any atom is -0.493 e. The minimum atomic E-state index is -1.08. The van der Waals surface area contributed by atoms with Gasteiger partial charge >= 0.3 is 11.9 Å². The number of nitrogens with one attached hydrogen (secondary N) is 1. The van der Waals surface area contributed by atoms with E-state index in [-0.39, 0.29) is 35.8 Å². The summed E-state index contributed by atoms with van der Waals surface area (Å²) in [6.45, 7) is 7.66. The van der Waals surface area contributed by atoms with Gasteiger partial charge in [0.25, 0.3) is 5.91 Å². The molecule has 1 saturated heterocycles. The number of hydrogen-bond acceptors (Lipinski definition) is 10. The van der Waals surface area contributed by atoms with Crippen molar-refractivity contribution in [2.75, 3.05) is 33.7 Å². The maximum Gasteiger partial charge on any atom is 0.331 e. The smallest absolute Gasteiger partial charge is 0.331 e. The second kappa shape index (κ2) is 15.0. The largest absolute Gasteiger partial charge is 0.493 e. The van der Waals surface area contributed by atoms with E-state index >= 15 is 0 Å². The number of esters is 2. The summed E-state index contributed by atoms with van der Waals surface area (Å²) in [5, 5.41) is 2.66. The molecule has 0 aromatic carbocycles. The summed E-state index contributed by atoms with van der Waals surface area (Å²) in [6.07, 6.45) is 6.33. The number of cyclic esters (lactones) is 1. The summed E-state index contributed by atoms with van der Waals surface area (Å²) < 4.78 is 33.7. The van der Waals surface area contributed by atoms with Gasteiger partial charge in [0, 0.05) is 31.7 Å². The van der Waals surface area contributed by atoms with Crippen LogP contribution < -0.4 is 14.8 Å². The lowest BCUT2D eigenvalue weighted by Crippen LogP contribution is -2.46. The zero-order valence-electron chi connectivity index (χ0n) is 23.6. The molecule has 0 bridgehead atoms. The van der Waals surface area contributed by atoms with E-state index < -0.39 is 36.8 Å². The first-order valence-electron chi connectivity index (χ1n) is 13.7. The van der Waals surface area contributed by atoms with Gasteiger partial charge in [0.15, 0.2) is 23.2 Å². The van der Waals surface area contributed by atoms with Crippen LogP contribution >= 0.6 is 0 Å². The lowest BCUT2D eigenvalue weighted by molar-refractivity contribution is -0.161. The Hall–Kier alpha value is -2.92. The lowest BCUT2D eigenvalue weighted by Gasteiger charge is -2.32. The van der Waals surface area contributed by atoms with E-state index in [2.05, 4.69) is 24.1 Å². The van der Waals surface area contributed by atoms with E-state index in [1.807, 2.05) is 6.92 Å². The molecule has 1 N–H and O–H groups in total. The summed E-state index contributed by atoms with van der Waals surface area (Å²) in [6, 6.07) is 0.422. The fourth-order valence-electron chi connectivity index (χ4n) is 5.06. The van der Waals surface area contributed by atoms with Gasteiger partial charge < -0.3 is 33.7 Å². The van der Waals surface area contributed by atoms with Crippen molar-refractivity contribution in [3.63, 3.8) is 0 Å². The third-order valence-corrected chi connectivity index (χ3v) is 6.94. The van der Waals surface area contributed by atoms with Gasteiger partial charge in [-0.2, -0.15) is 0 Å². The normalized spacial score (nSPS) is 24.3. The monoisotopic (exact) mass is 550 g/mol. The van der Waals surface area contributed by atoms with Gasteiger partial charge in [-0.3, -0.25) is 9.59 Å². The average molecular weight is 551 g/mol. The van der Waals surface area contributed by atoms with E-state index in [1.165, 1.54) is 52.0 Å². The second-order valence-electron chi connectivity index (χ2n) is 10.6. The van der Waals surface area contributed by atoms with Crippen molar-refractivity contribution >= 4 is 17.8 Å². The van der Waals surface area contributed by atoms with Gasteiger partial charge in [-0.05, 0) is 25.2 Å². The van der Waals surface area contributed by atoms with Crippen molar-refractivity contribution in [2.45, 2.75) is 78.0 Å². The van der Waals surface area contributed by atoms with Crippen LogP contribution in [0.5, 0.6) is 11.5 Å². The molecule has 2 heterocycles. The molecule has 39 heavy (non-hydrogen) atoms. The Labute approximate surface area is 230 Å². The number of rotatable bonds is 11. The van der Waals surface area contributed by atoms with E-state index in [0.29, 0.717) is 25.0 Å². The third-order valence-electron chi connectivity index (χ3n) is 6.94. The number of hydrogen-bond donors (Lipinski definition) is 1. The van der Waals surface area contributed by atoms with Gasteiger partial charge in [-0.15, -0.1) is 0 Å². The SMILES string of the molecule is COc1ccnc(C(=O)NC2COCC(CC3CCCC3)C(OCC(C)C)C(C)OC2=O)c1OCOC(C)=O. The van der Waals surface area contributed by atoms with Gasteiger partial charge in [-0.1, -0.05) is 39.5 Å². The van der Waals surface area contributed by atoms with Crippen LogP contribution in [0.3, 0.4) is 0 Å². The van der Waals surface area contributed by atoms with Crippen molar-refractivity contribution in [3.8, 4) is 11.5 Å². The number of aromatic nitrogens is 1. The molecule has 1 aromatic rings. The van der Waals surface area contributed by atoms with E-state index in [4.69, 9.17) is 28.4 Å². The number of carbonyl (C=O) groups excluding carboxylic acids is 3. The lowest BCUT2D eigenvalue weighted by atomic mass is 9.87. The van der Waals surface area contributed by atoms with Crippen LogP contribution in [0.2, 0.25) is 0 Å². The molecule has 1 aromatic heterocycles. The van der Waals surface area contributed by atoms with Crippen molar-refractivity contribution in [1.29, 1.82) is 0 Å². The molecular formula is C28H42N2O9.